The highest BCUT2D eigenvalue weighted by Gasteiger charge is 2.23. The van der Waals surface area contributed by atoms with E-state index >= 15 is 0 Å². The lowest BCUT2D eigenvalue weighted by atomic mass is 10.1. The summed E-state index contributed by atoms with van der Waals surface area (Å²) in [6.45, 7) is 0.147. The molecule has 0 radical (unpaired) electrons. The van der Waals surface area contributed by atoms with Crippen LogP contribution in [-0.2, 0) is 21.2 Å². The van der Waals surface area contributed by atoms with Gasteiger partial charge in [0.05, 0.1) is 17.1 Å². The molecule has 7 nitrogen and oxygen atoms in total. The molecule has 0 spiro atoms. The van der Waals surface area contributed by atoms with Gasteiger partial charge in [-0.1, -0.05) is 0 Å². The molecule has 148 valence electrons. The molecule has 0 atom stereocenters. The molecule has 2 aromatic rings. The Balaban J connectivity index is 1.72. The Morgan fingerprint density at radius 2 is 1.86 bits per heavy atom. The van der Waals surface area contributed by atoms with Crippen LogP contribution in [0.5, 0.6) is 5.75 Å². The SMILES string of the molecule is CN(C)S(=O)(=O)c1cc(C(=O)OCC(=O)c2ccc3c(c2)CCO3)ccc1Br. The molecule has 1 heterocycles. The van der Waals surface area contributed by atoms with E-state index in [1.54, 1.807) is 18.2 Å². The van der Waals surface area contributed by atoms with E-state index in [-0.39, 0.29) is 16.2 Å². The van der Waals surface area contributed by atoms with Crippen LogP contribution in [-0.4, -0.2) is 51.8 Å². The minimum Gasteiger partial charge on any atom is -0.493 e. The summed E-state index contributed by atoms with van der Waals surface area (Å²) in [5.74, 6) is -0.361. The van der Waals surface area contributed by atoms with E-state index in [1.165, 1.54) is 32.3 Å². The number of Topliss-reactive ketones (excluding diaryl/α,β-unsaturated/α-hetero) is 1. The zero-order chi connectivity index (χ0) is 20.5. The summed E-state index contributed by atoms with van der Waals surface area (Å²) in [5.41, 5.74) is 1.42. The molecule has 0 aliphatic carbocycles. The summed E-state index contributed by atoms with van der Waals surface area (Å²) in [6, 6.07) is 9.19. The Labute approximate surface area is 171 Å². The van der Waals surface area contributed by atoms with Gasteiger partial charge >= 0.3 is 5.97 Å². The molecule has 0 amide bonds. The van der Waals surface area contributed by atoms with E-state index < -0.39 is 22.6 Å². The van der Waals surface area contributed by atoms with Gasteiger partial charge < -0.3 is 9.47 Å². The lowest BCUT2D eigenvalue weighted by Crippen LogP contribution is -2.23. The second-order valence-corrected chi connectivity index (χ2v) is 9.33. The molecule has 0 aromatic heterocycles. The zero-order valence-electron chi connectivity index (χ0n) is 15.3. The van der Waals surface area contributed by atoms with Crippen LogP contribution in [0.3, 0.4) is 0 Å². The average Bonchev–Trinajstić information content (AvgIpc) is 3.13. The number of nitrogens with zero attached hydrogens (tertiary/aromatic N) is 1. The van der Waals surface area contributed by atoms with Gasteiger partial charge in [-0.2, -0.15) is 0 Å². The van der Waals surface area contributed by atoms with Gasteiger partial charge in [0.15, 0.2) is 12.4 Å². The predicted molar refractivity (Wildman–Crippen MR) is 105 cm³/mol. The fraction of sp³-hybridized carbons (Fsp3) is 0.263. The third-order valence-corrected chi connectivity index (χ3v) is 7.08. The van der Waals surface area contributed by atoms with Crippen LogP contribution >= 0.6 is 15.9 Å². The molecule has 1 aliphatic heterocycles. The second-order valence-electron chi connectivity index (χ2n) is 6.35. The Morgan fingerprint density at radius 3 is 2.57 bits per heavy atom. The van der Waals surface area contributed by atoms with E-state index in [2.05, 4.69) is 15.9 Å². The van der Waals surface area contributed by atoms with Crippen molar-refractivity contribution in [3.05, 3.63) is 57.6 Å². The van der Waals surface area contributed by atoms with Crippen LogP contribution in [0.15, 0.2) is 45.8 Å². The Hall–Kier alpha value is -2.23. The average molecular weight is 468 g/mol. The number of hydrogen-bond donors (Lipinski definition) is 0. The van der Waals surface area contributed by atoms with Crippen molar-refractivity contribution in [3.63, 3.8) is 0 Å². The third-order valence-electron chi connectivity index (χ3n) is 4.27. The van der Waals surface area contributed by atoms with Crippen LogP contribution in [0.4, 0.5) is 0 Å². The van der Waals surface area contributed by atoms with Crippen molar-refractivity contribution in [3.8, 4) is 5.75 Å². The van der Waals surface area contributed by atoms with Gasteiger partial charge in [-0.05, 0) is 57.9 Å². The molecule has 9 heteroatoms. The number of carbonyl (C=O) groups excluding carboxylic acids is 2. The van der Waals surface area contributed by atoms with E-state index in [1.807, 2.05) is 0 Å². The maximum Gasteiger partial charge on any atom is 0.338 e. The summed E-state index contributed by atoms with van der Waals surface area (Å²) in [6.07, 6.45) is 0.734. The van der Waals surface area contributed by atoms with Crippen LogP contribution in [0.2, 0.25) is 0 Å². The van der Waals surface area contributed by atoms with Gasteiger partial charge in [-0.15, -0.1) is 0 Å². The van der Waals surface area contributed by atoms with Crippen molar-refractivity contribution in [2.75, 3.05) is 27.3 Å². The van der Waals surface area contributed by atoms with Gasteiger partial charge in [0.1, 0.15) is 5.75 Å². The molecule has 0 fully saturated rings. The topological polar surface area (TPSA) is 90.0 Å². The number of sulfonamides is 1. The van der Waals surface area contributed by atoms with Crippen molar-refractivity contribution < 1.29 is 27.5 Å². The third kappa shape index (κ3) is 4.11. The number of fused-ring (bicyclic) bond motifs is 1. The lowest BCUT2D eigenvalue weighted by molar-refractivity contribution is 0.0474. The number of carbonyl (C=O) groups is 2. The van der Waals surface area contributed by atoms with Crippen LogP contribution < -0.4 is 4.74 Å². The zero-order valence-corrected chi connectivity index (χ0v) is 17.7. The molecule has 0 saturated heterocycles. The minimum atomic E-state index is -3.74. The molecule has 2 aromatic carbocycles. The number of hydrogen-bond acceptors (Lipinski definition) is 6. The summed E-state index contributed by atoms with van der Waals surface area (Å²) < 4.78 is 36.6. The molecule has 1 aliphatic rings. The maximum atomic E-state index is 12.4. The number of ketones is 1. The van der Waals surface area contributed by atoms with E-state index in [0.717, 1.165) is 22.0 Å². The second kappa shape index (κ2) is 8.02. The number of ether oxygens (including phenoxy) is 2. The minimum absolute atomic E-state index is 0.0405. The van der Waals surface area contributed by atoms with Crippen molar-refractivity contribution >= 4 is 37.7 Å². The molecule has 0 saturated carbocycles. The summed E-state index contributed by atoms with van der Waals surface area (Å²) >= 11 is 3.18. The number of halogens is 1. The molecule has 0 bridgehead atoms. The summed E-state index contributed by atoms with van der Waals surface area (Å²) in [4.78, 5) is 24.6. The Morgan fingerprint density at radius 1 is 1.14 bits per heavy atom. The quantitative estimate of drug-likeness (QED) is 0.479. The first-order valence-electron chi connectivity index (χ1n) is 8.38. The van der Waals surface area contributed by atoms with E-state index in [0.29, 0.717) is 16.6 Å². The number of benzene rings is 2. The monoisotopic (exact) mass is 467 g/mol. The molecular formula is C19H18BrNO6S. The molecule has 28 heavy (non-hydrogen) atoms. The summed E-state index contributed by atoms with van der Waals surface area (Å²) in [5, 5.41) is 0. The van der Waals surface area contributed by atoms with E-state index in [4.69, 9.17) is 9.47 Å². The molecule has 0 unspecified atom stereocenters. The van der Waals surface area contributed by atoms with Gasteiger partial charge in [-0.3, -0.25) is 4.79 Å². The van der Waals surface area contributed by atoms with E-state index in [9.17, 15) is 18.0 Å². The Kier molecular flexibility index (Phi) is 5.87. The predicted octanol–water partition coefficient (Wildman–Crippen LogP) is 2.67. The van der Waals surface area contributed by atoms with Gasteiger partial charge in [0.2, 0.25) is 10.0 Å². The molecular weight excluding hydrogens is 450 g/mol. The Bertz CT molecular complexity index is 1050. The maximum absolute atomic E-state index is 12.4. The largest absolute Gasteiger partial charge is 0.493 e. The standard InChI is InChI=1S/C19H18BrNO6S/c1-21(2)28(24,25)18-10-14(3-5-15(18)20)19(23)27-11-16(22)12-4-6-17-13(9-12)7-8-26-17/h3-6,9-10H,7-8,11H2,1-2H3. The number of esters is 1. The van der Waals surface area contributed by atoms with Gasteiger partial charge in [-0.25, -0.2) is 17.5 Å². The van der Waals surface area contributed by atoms with Crippen LogP contribution in [0, 0.1) is 0 Å². The summed E-state index contributed by atoms with van der Waals surface area (Å²) in [7, 11) is -0.952. The van der Waals surface area contributed by atoms with Crippen molar-refractivity contribution in [1.82, 2.24) is 4.31 Å². The highest BCUT2D eigenvalue weighted by Crippen LogP contribution is 2.27. The molecule has 3 rings (SSSR count). The first kappa shape index (κ1) is 20.5. The number of rotatable bonds is 6. The van der Waals surface area contributed by atoms with Crippen LogP contribution in [0.25, 0.3) is 0 Å². The molecule has 0 N–H and O–H groups in total. The van der Waals surface area contributed by atoms with Crippen molar-refractivity contribution in [1.29, 1.82) is 0 Å². The lowest BCUT2D eigenvalue weighted by Gasteiger charge is -2.13. The van der Waals surface area contributed by atoms with Crippen molar-refractivity contribution in [2.24, 2.45) is 0 Å². The fourth-order valence-electron chi connectivity index (χ4n) is 2.68. The normalized spacial score (nSPS) is 13.1. The van der Waals surface area contributed by atoms with Crippen LogP contribution in [0.1, 0.15) is 26.3 Å². The first-order chi connectivity index (χ1) is 13.2. The smallest absolute Gasteiger partial charge is 0.338 e. The highest BCUT2D eigenvalue weighted by molar-refractivity contribution is 9.10. The highest BCUT2D eigenvalue weighted by atomic mass is 79.9. The van der Waals surface area contributed by atoms with Crippen molar-refractivity contribution in [2.45, 2.75) is 11.3 Å². The first-order valence-corrected chi connectivity index (χ1v) is 10.6. The fourth-order valence-corrected chi connectivity index (χ4v) is 4.53. The van der Waals surface area contributed by atoms with Gasteiger partial charge in [0.25, 0.3) is 0 Å². The van der Waals surface area contributed by atoms with Gasteiger partial charge in [0, 0.05) is 30.6 Å².